The van der Waals surface area contributed by atoms with E-state index in [0.29, 0.717) is 55.0 Å². The van der Waals surface area contributed by atoms with Crippen molar-refractivity contribution in [2.24, 2.45) is 5.92 Å². The van der Waals surface area contributed by atoms with Crippen molar-refractivity contribution >= 4 is 29.2 Å². The fourth-order valence-corrected chi connectivity index (χ4v) is 5.33. The Morgan fingerprint density at radius 1 is 1.06 bits per heavy atom. The molecule has 0 aromatic heterocycles. The Labute approximate surface area is 205 Å². The van der Waals surface area contributed by atoms with Gasteiger partial charge < -0.3 is 14.9 Å². The molecule has 2 fully saturated rings. The third kappa shape index (κ3) is 4.94. The Hall–Kier alpha value is -3.25. The van der Waals surface area contributed by atoms with Gasteiger partial charge in [-0.05, 0) is 55.5 Å². The fourth-order valence-electron chi connectivity index (χ4n) is 5.07. The Morgan fingerprint density at radius 2 is 1.74 bits per heavy atom. The van der Waals surface area contributed by atoms with Gasteiger partial charge in [0.05, 0.1) is 22.9 Å². The number of benzene rings is 2. The molecule has 2 aromatic rings. The number of anilines is 1. The standard InChI is InChI=1S/C25H23ClF3N3O3/c26-19-4-2-1-3-18(19)21-7-8-22(24(34)35)32(21)23(33)15-9-11-31(12-10-15)20-6-5-17(25(27,28)29)13-16(20)14-30/h1-6,13,15,21-22H,7-12H2,(H,34,35)/t21?,22-/m0/s1. The third-order valence-electron chi connectivity index (χ3n) is 6.82. The van der Waals surface area contributed by atoms with Gasteiger partial charge in [-0.15, -0.1) is 0 Å². The minimum absolute atomic E-state index is 0.0751. The van der Waals surface area contributed by atoms with Gasteiger partial charge in [0.15, 0.2) is 0 Å². The minimum atomic E-state index is -4.54. The van der Waals surface area contributed by atoms with Crippen LogP contribution in [-0.4, -0.2) is 41.0 Å². The summed E-state index contributed by atoms with van der Waals surface area (Å²) in [6, 6.07) is 10.6. The summed E-state index contributed by atoms with van der Waals surface area (Å²) in [5.74, 6) is -1.75. The summed E-state index contributed by atoms with van der Waals surface area (Å²) >= 11 is 6.35. The molecule has 2 aliphatic heterocycles. The van der Waals surface area contributed by atoms with Gasteiger partial charge >= 0.3 is 12.1 Å². The molecule has 6 nitrogen and oxygen atoms in total. The normalized spacial score (nSPS) is 21.1. The average molecular weight is 506 g/mol. The number of carbonyl (C=O) groups is 2. The number of nitriles is 1. The van der Waals surface area contributed by atoms with E-state index in [4.69, 9.17) is 11.6 Å². The molecule has 0 bridgehead atoms. The van der Waals surface area contributed by atoms with Crippen LogP contribution < -0.4 is 4.90 Å². The monoisotopic (exact) mass is 505 g/mol. The van der Waals surface area contributed by atoms with Gasteiger partial charge in [0.2, 0.25) is 5.91 Å². The van der Waals surface area contributed by atoms with Crippen LogP contribution in [0.25, 0.3) is 0 Å². The molecule has 2 saturated heterocycles. The molecule has 10 heteroatoms. The van der Waals surface area contributed by atoms with Crippen LogP contribution >= 0.6 is 11.6 Å². The molecule has 2 aromatic carbocycles. The summed E-state index contributed by atoms with van der Waals surface area (Å²) in [5.41, 5.74) is 0.146. The highest BCUT2D eigenvalue weighted by Gasteiger charge is 2.44. The lowest BCUT2D eigenvalue weighted by Crippen LogP contribution is -2.47. The SMILES string of the molecule is N#Cc1cc(C(F)(F)F)ccc1N1CCC(C(=O)N2C(c3ccccc3Cl)CC[C@H]2C(=O)O)CC1. The number of carboxylic acids is 1. The molecular weight excluding hydrogens is 483 g/mol. The first-order valence-electron chi connectivity index (χ1n) is 11.3. The summed E-state index contributed by atoms with van der Waals surface area (Å²) < 4.78 is 39.1. The van der Waals surface area contributed by atoms with E-state index in [-0.39, 0.29) is 11.5 Å². The molecular formula is C25H23ClF3N3O3. The Bertz CT molecular complexity index is 1170. The quantitative estimate of drug-likeness (QED) is 0.612. The smallest absolute Gasteiger partial charge is 0.416 e. The number of alkyl halides is 3. The second kappa shape index (κ2) is 9.78. The second-order valence-corrected chi connectivity index (χ2v) is 9.22. The zero-order valence-corrected chi connectivity index (χ0v) is 19.4. The zero-order valence-electron chi connectivity index (χ0n) is 18.6. The van der Waals surface area contributed by atoms with Gasteiger partial charge in [-0.1, -0.05) is 29.8 Å². The number of amides is 1. The van der Waals surface area contributed by atoms with Crippen LogP contribution in [0.5, 0.6) is 0 Å². The van der Waals surface area contributed by atoms with E-state index < -0.39 is 35.7 Å². The van der Waals surface area contributed by atoms with Crippen LogP contribution in [0.2, 0.25) is 5.02 Å². The lowest BCUT2D eigenvalue weighted by atomic mass is 9.93. The van der Waals surface area contributed by atoms with E-state index in [9.17, 15) is 33.1 Å². The molecule has 0 saturated carbocycles. The highest BCUT2D eigenvalue weighted by Crippen LogP contribution is 2.41. The predicted molar refractivity (Wildman–Crippen MR) is 123 cm³/mol. The van der Waals surface area contributed by atoms with Gasteiger partial charge in [0.1, 0.15) is 12.1 Å². The van der Waals surface area contributed by atoms with Crippen LogP contribution in [0.3, 0.4) is 0 Å². The Balaban J connectivity index is 1.52. The summed E-state index contributed by atoms with van der Waals surface area (Å²) in [7, 11) is 0. The summed E-state index contributed by atoms with van der Waals surface area (Å²) in [4.78, 5) is 28.7. The van der Waals surface area contributed by atoms with Crippen LogP contribution in [0.4, 0.5) is 18.9 Å². The van der Waals surface area contributed by atoms with Gasteiger partial charge in [0.25, 0.3) is 0 Å². The lowest BCUT2D eigenvalue weighted by Gasteiger charge is -2.37. The topological polar surface area (TPSA) is 84.6 Å². The first kappa shape index (κ1) is 24.9. The van der Waals surface area contributed by atoms with E-state index in [1.807, 2.05) is 6.07 Å². The molecule has 0 aliphatic carbocycles. The van der Waals surface area contributed by atoms with Crippen LogP contribution in [0.1, 0.15) is 48.4 Å². The van der Waals surface area contributed by atoms with E-state index >= 15 is 0 Å². The van der Waals surface area contributed by atoms with E-state index in [1.54, 1.807) is 29.2 Å². The molecule has 1 amide bonds. The number of carboxylic acid groups (broad SMARTS) is 1. The van der Waals surface area contributed by atoms with Crippen molar-refractivity contribution in [1.29, 1.82) is 5.26 Å². The molecule has 4 rings (SSSR count). The fraction of sp³-hybridized carbons (Fsp3) is 0.400. The van der Waals surface area contributed by atoms with Crippen molar-refractivity contribution in [2.45, 2.75) is 43.9 Å². The van der Waals surface area contributed by atoms with Gasteiger partial charge in [-0.2, -0.15) is 18.4 Å². The van der Waals surface area contributed by atoms with E-state index in [0.717, 1.165) is 12.1 Å². The first-order valence-corrected chi connectivity index (χ1v) is 11.6. The van der Waals surface area contributed by atoms with Crippen molar-refractivity contribution in [1.82, 2.24) is 4.90 Å². The van der Waals surface area contributed by atoms with Crippen LogP contribution in [0, 0.1) is 17.2 Å². The highest BCUT2D eigenvalue weighted by atomic mass is 35.5. The third-order valence-corrected chi connectivity index (χ3v) is 7.16. The molecule has 2 heterocycles. The number of hydrogen-bond donors (Lipinski definition) is 1. The summed E-state index contributed by atoms with van der Waals surface area (Å²) in [6.45, 7) is 0.720. The van der Waals surface area contributed by atoms with E-state index in [1.165, 1.54) is 11.0 Å². The van der Waals surface area contributed by atoms with Gasteiger partial charge in [-0.3, -0.25) is 4.79 Å². The molecule has 0 radical (unpaired) electrons. The highest BCUT2D eigenvalue weighted by molar-refractivity contribution is 6.31. The molecule has 35 heavy (non-hydrogen) atoms. The average Bonchev–Trinajstić information content (AvgIpc) is 3.28. The number of aliphatic carboxylic acids is 1. The molecule has 184 valence electrons. The summed E-state index contributed by atoms with van der Waals surface area (Å²) in [6.07, 6.45) is -2.95. The maximum atomic E-state index is 13.6. The predicted octanol–water partition coefficient (Wildman–Crippen LogP) is 5.26. The van der Waals surface area contributed by atoms with Crippen molar-refractivity contribution in [3.05, 3.63) is 64.2 Å². The number of hydrogen-bond acceptors (Lipinski definition) is 4. The number of halogens is 4. The van der Waals surface area contributed by atoms with Crippen LogP contribution in [-0.2, 0) is 15.8 Å². The number of carbonyl (C=O) groups excluding carboxylic acids is 1. The number of likely N-dealkylation sites (tertiary alicyclic amines) is 1. The molecule has 1 unspecified atom stereocenters. The van der Waals surface area contributed by atoms with Gasteiger partial charge in [0, 0.05) is 24.0 Å². The molecule has 2 atom stereocenters. The van der Waals surface area contributed by atoms with Crippen molar-refractivity contribution in [3.63, 3.8) is 0 Å². The number of rotatable bonds is 4. The molecule has 2 aliphatic rings. The Kier molecular flexibility index (Phi) is 6.95. The number of piperidine rings is 1. The zero-order chi connectivity index (χ0) is 25.3. The molecule has 0 spiro atoms. The molecule has 1 N–H and O–H groups in total. The van der Waals surface area contributed by atoms with Crippen molar-refractivity contribution in [3.8, 4) is 6.07 Å². The largest absolute Gasteiger partial charge is 0.480 e. The van der Waals surface area contributed by atoms with Crippen LogP contribution in [0.15, 0.2) is 42.5 Å². The lowest BCUT2D eigenvalue weighted by molar-refractivity contribution is -0.152. The second-order valence-electron chi connectivity index (χ2n) is 8.82. The Morgan fingerprint density at radius 3 is 2.34 bits per heavy atom. The van der Waals surface area contributed by atoms with Gasteiger partial charge in [-0.25, -0.2) is 4.79 Å². The maximum absolute atomic E-state index is 13.6. The number of nitrogens with zero attached hydrogens (tertiary/aromatic N) is 3. The summed E-state index contributed by atoms with van der Waals surface area (Å²) in [5, 5.41) is 19.6. The maximum Gasteiger partial charge on any atom is 0.416 e. The minimum Gasteiger partial charge on any atom is -0.480 e. The van der Waals surface area contributed by atoms with E-state index in [2.05, 4.69) is 0 Å². The van der Waals surface area contributed by atoms with Crippen molar-refractivity contribution in [2.75, 3.05) is 18.0 Å². The first-order chi connectivity index (χ1) is 16.6. The van der Waals surface area contributed by atoms with Crippen molar-refractivity contribution < 1.29 is 27.9 Å².